The van der Waals surface area contributed by atoms with E-state index in [4.69, 9.17) is 4.99 Å². The maximum atomic E-state index is 5.21. The van der Waals surface area contributed by atoms with Crippen LogP contribution in [-0.4, -0.2) is 5.71 Å². The Morgan fingerprint density at radius 2 is 1.26 bits per heavy atom. The highest BCUT2D eigenvalue weighted by Crippen LogP contribution is 2.47. The molecule has 0 aromatic heterocycles. The van der Waals surface area contributed by atoms with Crippen molar-refractivity contribution in [3.63, 3.8) is 0 Å². The molecule has 2 heteroatoms. The average molecular weight is 416 g/mol. The maximum Gasteiger partial charge on any atom is 0.0769 e. The van der Waals surface area contributed by atoms with Gasteiger partial charge >= 0.3 is 0 Å². The summed E-state index contributed by atoms with van der Waals surface area (Å²) in [6, 6.07) is 39.1. The SMILES string of the molecule is c1ccc2c(c1)N=C(c1cccc3ccccc13)C[C@@H](c1cccc3ccccc13)S2. The third-order valence-corrected chi connectivity index (χ3v) is 7.34. The first-order valence-electron chi connectivity index (χ1n) is 10.7. The van der Waals surface area contributed by atoms with Crippen LogP contribution in [0.5, 0.6) is 0 Å². The lowest BCUT2D eigenvalue weighted by Gasteiger charge is -2.19. The van der Waals surface area contributed by atoms with Gasteiger partial charge in [-0.15, -0.1) is 11.8 Å². The van der Waals surface area contributed by atoms with Gasteiger partial charge in [0.25, 0.3) is 0 Å². The molecule has 6 rings (SSSR count). The summed E-state index contributed by atoms with van der Waals surface area (Å²) in [6.07, 6.45) is 0.890. The zero-order chi connectivity index (χ0) is 20.6. The molecule has 1 nitrogen and oxygen atoms in total. The van der Waals surface area contributed by atoms with Gasteiger partial charge < -0.3 is 0 Å². The molecule has 0 saturated heterocycles. The van der Waals surface area contributed by atoms with Crippen molar-refractivity contribution >= 4 is 44.7 Å². The normalized spacial score (nSPS) is 16.0. The van der Waals surface area contributed by atoms with Gasteiger partial charge in [0.15, 0.2) is 0 Å². The van der Waals surface area contributed by atoms with Crippen LogP contribution in [0.3, 0.4) is 0 Å². The van der Waals surface area contributed by atoms with E-state index in [1.54, 1.807) is 0 Å². The molecule has 148 valence electrons. The van der Waals surface area contributed by atoms with Gasteiger partial charge in [0.1, 0.15) is 0 Å². The van der Waals surface area contributed by atoms with Crippen molar-refractivity contribution in [1.82, 2.24) is 0 Å². The lowest BCUT2D eigenvalue weighted by Crippen LogP contribution is -2.06. The monoisotopic (exact) mass is 415 g/mol. The van der Waals surface area contributed by atoms with Gasteiger partial charge in [-0.05, 0) is 39.2 Å². The van der Waals surface area contributed by atoms with E-state index in [0.29, 0.717) is 5.25 Å². The molecule has 1 aliphatic heterocycles. The van der Waals surface area contributed by atoms with Gasteiger partial charge in [-0.2, -0.15) is 0 Å². The number of thioether (sulfide) groups is 1. The van der Waals surface area contributed by atoms with Gasteiger partial charge in [0.05, 0.1) is 11.4 Å². The predicted octanol–water partition coefficient (Wildman–Crippen LogP) is 8.35. The van der Waals surface area contributed by atoms with E-state index in [1.165, 1.54) is 37.6 Å². The molecule has 0 radical (unpaired) electrons. The Labute approximate surface area is 186 Å². The van der Waals surface area contributed by atoms with Crippen molar-refractivity contribution in [3.05, 3.63) is 120 Å². The summed E-state index contributed by atoms with van der Waals surface area (Å²) in [4.78, 5) is 6.46. The molecule has 0 unspecified atom stereocenters. The molecule has 0 amide bonds. The smallest absolute Gasteiger partial charge is 0.0769 e. The molecule has 1 atom stereocenters. The van der Waals surface area contributed by atoms with Crippen LogP contribution in [0.25, 0.3) is 21.5 Å². The summed E-state index contributed by atoms with van der Waals surface area (Å²) in [5.74, 6) is 0. The van der Waals surface area contributed by atoms with Crippen LogP contribution in [0.2, 0.25) is 0 Å². The number of hydrogen-bond acceptors (Lipinski definition) is 2. The molecule has 0 fully saturated rings. The molecule has 5 aromatic rings. The van der Waals surface area contributed by atoms with Gasteiger partial charge in [-0.25, -0.2) is 0 Å². The Balaban J connectivity index is 1.56. The Bertz CT molecular complexity index is 1440. The molecule has 0 N–H and O–H groups in total. The van der Waals surface area contributed by atoms with Crippen LogP contribution in [-0.2, 0) is 0 Å². The molecule has 1 aliphatic rings. The molecular weight excluding hydrogens is 394 g/mol. The lowest BCUT2D eigenvalue weighted by molar-refractivity contribution is 1.02. The van der Waals surface area contributed by atoms with Gasteiger partial charge in [-0.1, -0.05) is 97.1 Å². The topological polar surface area (TPSA) is 12.4 Å². The van der Waals surface area contributed by atoms with E-state index in [9.17, 15) is 0 Å². The fraction of sp³-hybridized carbons (Fsp3) is 0.0690. The van der Waals surface area contributed by atoms with Crippen molar-refractivity contribution in [3.8, 4) is 0 Å². The molecular formula is C29H21NS. The largest absolute Gasteiger partial charge is 0.252 e. The van der Waals surface area contributed by atoms with Crippen LogP contribution in [0, 0.1) is 0 Å². The van der Waals surface area contributed by atoms with Crippen molar-refractivity contribution < 1.29 is 0 Å². The second-order valence-corrected chi connectivity index (χ2v) is 9.18. The van der Waals surface area contributed by atoms with Crippen LogP contribution in [0.15, 0.2) is 119 Å². The lowest BCUT2D eigenvalue weighted by atomic mass is 9.94. The minimum Gasteiger partial charge on any atom is -0.252 e. The molecule has 0 saturated carbocycles. The standard InChI is InChI=1S/C29H21NS/c1-3-13-22-20(9-1)11-7-15-24(22)27-19-29(31-28-18-6-5-17-26(28)30-27)25-16-8-12-21-10-2-4-14-23(21)25/h1-18,29H,19H2/t29-/m0/s1. The van der Waals surface area contributed by atoms with Crippen LogP contribution in [0.4, 0.5) is 5.69 Å². The summed E-state index contributed by atoms with van der Waals surface area (Å²) in [5.41, 5.74) is 4.85. The Hall–Kier alpha value is -3.36. The van der Waals surface area contributed by atoms with Crippen molar-refractivity contribution in [2.45, 2.75) is 16.6 Å². The first kappa shape index (κ1) is 18.4. The number of benzene rings is 5. The maximum absolute atomic E-state index is 5.21. The molecule has 0 aliphatic carbocycles. The fourth-order valence-electron chi connectivity index (χ4n) is 4.56. The van der Waals surface area contributed by atoms with Crippen molar-refractivity contribution in [1.29, 1.82) is 0 Å². The van der Waals surface area contributed by atoms with E-state index in [2.05, 4.69) is 109 Å². The molecule has 1 heterocycles. The van der Waals surface area contributed by atoms with E-state index in [1.807, 2.05) is 11.8 Å². The zero-order valence-electron chi connectivity index (χ0n) is 17.0. The quantitative estimate of drug-likeness (QED) is 0.282. The summed E-state index contributed by atoms with van der Waals surface area (Å²) in [6.45, 7) is 0. The van der Waals surface area contributed by atoms with Crippen molar-refractivity contribution in [2.75, 3.05) is 0 Å². The van der Waals surface area contributed by atoms with Crippen molar-refractivity contribution in [2.24, 2.45) is 4.99 Å². The molecule has 5 aromatic carbocycles. The molecule has 0 bridgehead atoms. The number of para-hydroxylation sites is 1. The fourth-order valence-corrected chi connectivity index (χ4v) is 5.83. The summed E-state index contributed by atoms with van der Waals surface area (Å²) in [7, 11) is 0. The Kier molecular flexibility index (Phi) is 4.58. The summed E-state index contributed by atoms with van der Waals surface area (Å²) in [5, 5.41) is 5.45. The number of fused-ring (bicyclic) bond motifs is 3. The number of rotatable bonds is 2. The van der Waals surface area contributed by atoms with Crippen LogP contribution in [0.1, 0.15) is 22.8 Å². The van der Waals surface area contributed by atoms with E-state index < -0.39 is 0 Å². The first-order chi connectivity index (χ1) is 15.4. The third-order valence-electron chi connectivity index (χ3n) is 6.04. The second-order valence-electron chi connectivity index (χ2n) is 7.93. The van der Waals surface area contributed by atoms with E-state index in [0.717, 1.165) is 17.8 Å². The third kappa shape index (κ3) is 3.34. The van der Waals surface area contributed by atoms with Gasteiger partial charge in [0, 0.05) is 22.1 Å². The number of hydrogen-bond donors (Lipinski definition) is 0. The van der Waals surface area contributed by atoms with E-state index >= 15 is 0 Å². The highest BCUT2D eigenvalue weighted by Gasteiger charge is 2.24. The zero-order valence-corrected chi connectivity index (χ0v) is 17.8. The summed E-state index contributed by atoms with van der Waals surface area (Å²) < 4.78 is 0. The number of nitrogens with zero attached hydrogens (tertiary/aromatic N) is 1. The predicted molar refractivity (Wildman–Crippen MR) is 134 cm³/mol. The first-order valence-corrected chi connectivity index (χ1v) is 11.5. The minimum atomic E-state index is 0.299. The minimum absolute atomic E-state index is 0.299. The highest BCUT2D eigenvalue weighted by atomic mass is 32.2. The van der Waals surface area contributed by atoms with Gasteiger partial charge in [0.2, 0.25) is 0 Å². The number of aliphatic imine (C=N–C) groups is 1. The van der Waals surface area contributed by atoms with Gasteiger partial charge in [-0.3, -0.25) is 4.99 Å². The molecule has 31 heavy (non-hydrogen) atoms. The highest BCUT2D eigenvalue weighted by molar-refractivity contribution is 7.99. The molecule has 0 spiro atoms. The Morgan fingerprint density at radius 1 is 0.613 bits per heavy atom. The second kappa shape index (κ2) is 7.72. The summed E-state index contributed by atoms with van der Waals surface area (Å²) >= 11 is 1.93. The van der Waals surface area contributed by atoms with E-state index in [-0.39, 0.29) is 0 Å². The van der Waals surface area contributed by atoms with Crippen LogP contribution >= 0.6 is 11.8 Å². The average Bonchev–Trinajstić information content (AvgIpc) is 3.03. The Morgan fingerprint density at radius 3 is 2.13 bits per heavy atom. The van der Waals surface area contributed by atoms with Crippen LogP contribution < -0.4 is 0 Å².